The molecule has 3 heterocycles. The Balaban J connectivity index is 1.47. The summed E-state index contributed by atoms with van der Waals surface area (Å²) in [6.45, 7) is 0. The molecule has 0 radical (unpaired) electrons. The van der Waals surface area contributed by atoms with Crippen LogP contribution in [0.2, 0.25) is 0 Å². The van der Waals surface area contributed by atoms with Gasteiger partial charge in [0.2, 0.25) is 0 Å². The Bertz CT molecular complexity index is 2450. The molecule has 3 aromatic heterocycles. The lowest BCUT2D eigenvalue weighted by atomic mass is 9.92. The summed E-state index contributed by atoms with van der Waals surface area (Å²) in [5.41, 5.74) is 8.55. The quantitative estimate of drug-likeness (QED) is 0.168. The van der Waals surface area contributed by atoms with Crippen molar-refractivity contribution in [2.75, 3.05) is 0 Å². The van der Waals surface area contributed by atoms with Gasteiger partial charge in [0.05, 0.1) is 27.6 Å². The normalized spacial score (nSPS) is 12.1. The molecule has 0 N–H and O–H groups in total. The van der Waals surface area contributed by atoms with Crippen LogP contribution in [0, 0.1) is 0 Å². The largest absolute Gasteiger partial charge is 0.292 e. The summed E-state index contributed by atoms with van der Waals surface area (Å²) in [6, 6.07) is 45.5. The molecule has 6 aromatic carbocycles. The predicted octanol–water partition coefficient (Wildman–Crippen LogP) is 9.32. The number of nitrogens with zero attached hydrogens (tertiary/aromatic N) is 3. The molecule has 0 spiro atoms. The van der Waals surface area contributed by atoms with E-state index in [2.05, 4.69) is 132 Å². The Labute approximate surface area is 223 Å². The summed E-state index contributed by atoms with van der Waals surface area (Å²) in [5.74, 6) is 0. The van der Waals surface area contributed by atoms with Gasteiger partial charge in [0, 0.05) is 16.2 Å². The molecular formula is C36H21N3. The first-order valence-corrected chi connectivity index (χ1v) is 13.3. The number of benzene rings is 6. The number of rotatable bonds is 1. The topological polar surface area (TPSA) is 30.2 Å². The molecule has 3 heteroatoms. The average Bonchev–Trinajstić information content (AvgIpc) is 3.40. The van der Waals surface area contributed by atoms with Gasteiger partial charge in [-0.05, 0) is 75.1 Å². The lowest BCUT2D eigenvalue weighted by Crippen LogP contribution is -1.95. The van der Waals surface area contributed by atoms with Crippen LogP contribution in [0.3, 0.4) is 0 Å². The van der Waals surface area contributed by atoms with E-state index in [-0.39, 0.29) is 0 Å². The predicted molar refractivity (Wildman–Crippen MR) is 163 cm³/mol. The van der Waals surface area contributed by atoms with E-state index in [1.165, 1.54) is 32.7 Å². The minimum atomic E-state index is 0.945. The highest BCUT2D eigenvalue weighted by Gasteiger charge is 2.17. The number of hydrogen-bond acceptors (Lipinski definition) is 2. The summed E-state index contributed by atoms with van der Waals surface area (Å²) in [7, 11) is 0. The van der Waals surface area contributed by atoms with Crippen molar-refractivity contribution in [3.63, 3.8) is 0 Å². The number of fused-ring (bicyclic) bond motifs is 12. The highest BCUT2D eigenvalue weighted by molar-refractivity contribution is 6.17. The van der Waals surface area contributed by atoms with Gasteiger partial charge in [0.15, 0.2) is 0 Å². The van der Waals surface area contributed by atoms with Gasteiger partial charge in [-0.2, -0.15) is 0 Å². The van der Waals surface area contributed by atoms with Crippen molar-refractivity contribution in [2.24, 2.45) is 0 Å². The van der Waals surface area contributed by atoms with E-state index in [4.69, 9.17) is 9.97 Å². The van der Waals surface area contributed by atoms with Gasteiger partial charge in [-0.25, -0.2) is 9.97 Å². The van der Waals surface area contributed by atoms with Crippen molar-refractivity contribution in [3.05, 3.63) is 127 Å². The van der Waals surface area contributed by atoms with Crippen molar-refractivity contribution < 1.29 is 0 Å². The van der Waals surface area contributed by atoms with E-state index in [9.17, 15) is 0 Å². The van der Waals surface area contributed by atoms with Crippen LogP contribution in [0.25, 0.3) is 82.1 Å². The van der Waals surface area contributed by atoms with Crippen molar-refractivity contribution in [3.8, 4) is 11.1 Å². The molecule has 0 aliphatic rings. The maximum atomic E-state index is 5.22. The molecule has 180 valence electrons. The van der Waals surface area contributed by atoms with Crippen LogP contribution in [0.4, 0.5) is 0 Å². The summed E-state index contributed by atoms with van der Waals surface area (Å²) in [6.07, 6.45) is 0. The number of aromatic nitrogens is 3. The van der Waals surface area contributed by atoms with Gasteiger partial charge < -0.3 is 0 Å². The highest BCUT2D eigenvalue weighted by Crippen LogP contribution is 2.39. The molecule has 0 atom stereocenters. The SMILES string of the molecule is c1ccc2nc3c4cc(-c5cc6ccccc6c6ccccc56)ccc4n4c5ccccc5nc4c3cc2c1. The highest BCUT2D eigenvalue weighted by atomic mass is 15.0. The van der Waals surface area contributed by atoms with Gasteiger partial charge in [0.1, 0.15) is 5.65 Å². The zero-order valence-electron chi connectivity index (χ0n) is 21.0. The molecule has 3 nitrogen and oxygen atoms in total. The van der Waals surface area contributed by atoms with Crippen molar-refractivity contribution in [1.82, 2.24) is 14.4 Å². The molecule has 0 amide bonds. The minimum absolute atomic E-state index is 0.945. The molecule has 0 saturated heterocycles. The van der Waals surface area contributed by atoms with Crippen LogP contribution < -0.4 is 0 Å². The van der Waals surface area contributed by atoms with Gasteiger partial charge in [-0.3, -0.25) is 4.40 Å². The minimum Gasteiger partial charge on any atom is -0.292 e. The van der Waals surface area contributed by atoms with Crippen LogP contribution in [0.5, 0.6) is 0 Å². The lowest BCUT2D eigenvalue weighted by molar-refractivity contribution is 1.31. The Hall–Kier alpha value is -5.28. The van der Waals surface area contributed by atoms with Gasteiger partial charge >= 0.3 is 0 Å². The molecular weight excluding hydrogens is 474 g/mol. The smallest absolute Gasteiger partial charge is 0.147 e. The molecule has 0 unspecified atom stereocenters. The van der Waals surface area contributed by atoms with E-state index >= 15 is 0 Å². The van der Waals surface area contributed by atoms with Crippen LogP contribution in [-0.4, -0.2) is 14.4 Å². The van der Waals surface area contributed by atoms with E-state index in [1.807, 2.05) is 0 Å². The second-order valence-electron chi connectivity index (χ2n) is 10.3. The molecule has 0 aliphatic carbocycles. The molecule has 0 bridgehead atoms. The molecule has 0 aliphatic heterocycles. The summed E-state index contributed by atoms with van der Waals surface area (Å²) >= 11 is 0. The molecule has 0 fully saturated rings. The number of hydrogen-bond donors (Lipinski definition) is 0. The van der Waals surface area contributed by atoms with Crippen LogP contribution in [-0.2, 0) is 0 Å². The molecule has 9 aromatic rings. The van der Waals surface area contributed by atoms with Crippen molar-refractivity contribution in [1.29, 1.82) is 0 Å². The first-order chi connectivity index (χ1) is 19.3. The molecule has 9 rings (SSSR count). The first kappa shape index (κ1) is 20.7. The fraction of sp³-hybridized carbons (Fsp3) is 0. The van der Waals surface area contributed by atoms with Gasteiger partial charge in [-0.1, -0.05) is 84.9 Å². The van der Waals surface area contributed by atoms with E-state index in [0.717, 1.165) is 49.4 Å². The Morgan fingerprint density at radius 3 is 2.05 bits per heavy atom. The number of pyridine rings is 2. The third kappa shape index (κ3) is 2.87. The third-order valence-electron chi connectivity index (χ3n) is 8.10. The fourth-order valence-electron chi connectivity index (χ4n) is 6.32. The van der Waals surface area contributed by atoms with Crippen molar-refractivity contribution in [2.45, 2.75) is 0 Å². The average molecular weight is 496 g/mol. The first-order valence-electron chi connectivity index (χ1n) is 13.3. The second kappa shape index (κ2) is 7.62. The zero-order chi connectivity index (χ0) is 25.5. The van der Waals surface area contributed by atoms with Crippen LogP contribution in [0.15, 0.2) is 127 Å². The van der Waals surface area contributed by atoms with E-state index in [1.54, 1.807) is 0 Å². The van der Waals surface area contributed by atoms with Crippen LogP contribution >= 0.6 is 0 Å². The monoisotopic (exact) mass is 495 g/mol. The number of imidazole rings is 1. The van der Waals surface area contributed by atoms with Crippen molar-refractivity contribution >= 4 is 70.9 Å². The standard InChI is InChI=1S/C36H21N3/c1-3-11-25-22(9-1)19-28(27-13-5-4-12-26(25)27)23-17-18-33-29(20-23)35-30(21-24-10-2-6-14-31(24)37-35)36-38-32-15-7-8-16-34(32)39(33)36/h1-21H. The summed E-state index contributed by atoms with van der Waals surface area (Å²) < 4.78 is 2.30. The second-order valence-corrected chi connectivity index (χ2v) is 10.3. The van der Waals surface area contributed by atoms with Gasteiger partial charge in [0.25, 0.3) is 0 Å². The Morgan fingerprint density at radius 1 is 0.436 bits per heavy atom. The molecule has 0 saturated carbocycles. The van der Waals surface area contributed by atoms with E-state index in [0.29, 0.717) is 0 Å². The van der Waals surface area contributed by atoms with Gasteiger partial charge in [-0.15, -0.1) is 0 Å². The van der Waals surface area contributed by atoms with Crippen LogP contribution in [0.1, 0.15) is 0 Å². The maximum Gasteiger partial charge on any atom is 0.147 e. The Morgan fingerprint density at radius 2 is 1.15 bits per heavy atom. The summed E-state index contributed by atoms with van der Waals surface area (Å²) in [5, 5.41) is 8.37. The van der Waals surface area contributed by atoms with E-state index < -0.39 is 0 Å². The third-order valence-corrected chi connectivity index (χ3v) is 8.10. The lowest BCUT2D eigenvalue weighted by Gasteiger charge is -2.14. The molecule has 39 heavy (non-hydrogen) atoms. The number of para-hydroxylation sites is 3. The fourth-order valence-corrected chi connectivity index (χ4v) is 6.32. The zero-order valence-corrected chi connectivity index (χ0v) is 21.0. The summed E-state index contributed by atoms with van der Waals surface area (Å²) in [4.78, 5) is 10.3. The maximum absolute atomic E-state index is 5.22. The Kier molecular flexibility index (Phi) is 4.05.